The molecule has 0 radical (unpaired) electrons. The Morgan fingerprint density at radius 2 is 1.40 bits per heavy atom. The smallest absolute Gasteiger partial charge is 0.312 e. The standard InChI is InChI=1S/C11H13NO3.C7H16OSi.C6H6N2O3/c1-11(4-5-11)7-8-2-3-10(13)9(6-8)12(14)15;1-7(5-6-7)8-9(2,3)4;7-4-1-2-6(9)5(3-4)8(10)11/h2-3,6,13H,4-5,7H2,1H3;5-6H2,1-4H3;1-3,9H,7H2. The van der Waals surface area contributed by atoms with E-state index in [0.717, 1.165) is 18.1 Å². The molecule has 2 aromatic carbocycles. The van der Waals surface area contributed by atoms with Crippen LogP contribution in [-0.4, -0.2) is 34.0 Å². The number of benzene rings is 2. The van der Waals surface area contributed by atoms with E-state index in [1.54, 1.807) is 6.07 Å². The molecule has 4 rings (SSSR count). The molecule has 0 bridgehead atoms. The van der Waals surface area contributed by atoms with Crippen molar-refractivity contribution in [3.8, 4) is 11.5 Å². The molecule has 4 N–H and O–H groups in total. The number of hydrogen-bond acceptors (Lipinski definition) is 8. The molecule has 2 saturated carbocycles. The van der Waals surface area contributed by atoms with Gasteiger partial charge in [-0.15, -0.1) is 0 Å². The van der Waals surface area contributed by atoms with Crippen molar-refractivity contribution in [2.24, 2.45) is 5.41 Å². The van der Waals surface area contributed by atoms with Crippen molar-refractivity contribution in [3.63, 3.8) is 0 Å². The van der Waals surface area contributed by atoms with Gasteiger partial charge in [0.2, 0.25) is 0 Å². The Balaban J connectivity index is 0.000000193. The van der Waals surface area contributed by atoms with Gasteiger partial charge >= 0.3 is 11.4 Å². The Bertz CT molecular complexity index is 1070. The molecule has 35 heavy (non-hydrogen) atoms. The van der Waals surface area contributed by atoms with E-state index in [-0.39, 0.29) is 28.6 Å². The van der Waals surface area contributed by atoms with Gasteiger partial charge in [-0.25, -0.2) is 0 Å². The zero-order valence-corrected chi connectivity index (χ0v) is 21.9. The van der Waals surface area contributed by atoms with Crippen molar-refractivity contribution in [2.45, 2.75) is 71.2 Å². The van der Waals surface area contributed by atoms with Crippen LogP contribution in [0.3, 0.4) is 0 Å². The molecule has 0 atom stereocenters. The lowest BCUT2D eigenvalue weighted by atomic mass is 9.98. The first kappa shape index (κ1) is 28.1. The van der Waals surface area contributed by atoms with E-state index < -0.39 is 18.2 Å². The Hall–Kier alpha value is -3.18. The molecule has 2 aromatic rings. The second-order valence-electron chi connectivity index (χ2n) is 10.7. The third-order valence-corrected chi connectivity index (χ3v) is 6.78. The predicted octanol–water partition coefficient (Wildman–Crippen LogP) is 5.92. The topological polar surface area (TPSA) is 162 Å². The minimum Gasteiger partial charge on any atom is -0.502 e. The van der Waals surface area contributed by atoms with Crippen LogP contribution in [0, 0.1) is 25.6 Å². The average molecular weight is 506 g/mol. The molecule has 192 valence electrons. The third kappa shape index (κ3) is 9.53. The van der Waals surface area contributed by atoms with Gasteiger partial charge in [-0.1, -0.05) is 13.0 Å². The summed E-state index contributed by atoms with van der Waals surface area (Å²) in [5.41, 5.74) is 6.49. The van der Waals surface area contributed by atoms with Gasteiger partial charge in [-0.05, 0) is 87.8 Å². The van der Waals surface area contributed by atoms with Crippen molar-refractivity contribution in [1.82, 2.24) is 0 Å². The molecule has 0 aromatic heterocycles. The number of nitro groups is 2. The summed E-state index contributed by atoms with van der Waals surface area (Å²) in [6, 6.07) is 8.31. The highest BCUT2D eigenvalue weighted by molar-refractivity contribution is 6.69. The molecule has 2 aliphatic carbocycles. The first-order valence-electron chi connectivity index (χ1n) is 11.4. The van der Waals surface area contributed by atoms with E-state index in [1.807, 2.05) is 0 Å². The van der Waals surface area contributed by atoms with E-state index >= 15 is 0 Å². The van der Waals surface area contributed by atoms with Crippen molar-refractivity contribution in [1.29, 1.82) is 0 Å². The lowest BCUT2D eigenvalue weighted by Crippen LogP contribution is -2.31. The highest BCUT2D eigenvalue weighted by Gasteiger charge is 2.41. The summed E-state index contributed by atoms with van der Waals surface area (Å²) < 4.78 is 5.88. The maximum Gasteiger partial charge on any atom is 0.312 e. The van der Waals surface area contributed by atoms with Crippen LogP contribution in [0.5, 0.6) is 11.5 Å². The number of rotatable bonds is 6. The van der Waals surface area contributed by atoms with Gasteiger partial charge in [0.05, 0.1) is 15.4 Å². The van der Waals surface area contributed by atoms with Gasteiger partial charge in [0.25, 0.3) is 0 Å². The van der Waals surface area contributed by atoms with E-state index in [2.05, 4.69) is 33.5 Å². The number of phenols is 2. The summed E-state index contributed by atoms with van der Waals surface area (Å²) in [7, 11) is -1.23. The molecule has 11 heteroatoms. The molecule has 0 spiro atoms. The largest absolute Gasteiger partial charge is 0.502 e. The van der Waals surface area contributed by atoms with Crippen LogP contribution in [0.15, 0.2) is 36.4 Å². The lowest BCUT2D eigenvalue weighted by molar-refractivity contribution is -0.386. The molecular weight excluding hydrogens is 470 g/mol. The van der Waals surface area contributed by atoms with Crippen LogP contribution in [0.2, 0.25) is 19.6 Å². The zero-order valence-electron chi connectivity index (χ0n) is 20.9. The summed E-state index contributed by atoms with van der Waals surface area (Å²) in [4.78, 5) is 19.5. The highest BCUT2D eigenvalue weighted by Crippen LogP contribution is 2.48. The predicted molar refractivity (Wildman–Crippen MR) is 137 cm³/mol. The number of nitrogens with two attached hydrogens (primary N) is 1. The Morgan fingerprint density at radius 1 is 0.914 bits per heavy atom. The number of nitrogens with zero attached hydrogens (tertiary/aromatic N) is 2. The number of nitro benzene ring substituents is 2. The SMILES string of the molecule is CC1(Cc2ccc(O)c([N+](=O)[O-])c2)CC1.CC1(O[Si](C)(C)C)CC1.Nc1ccc(O)c([N+](=O)[O-])c1. The molecule has 0 amide bonds. The summed E-state index contributed by atoms with van der Waals surface area (Å²) in [6.07, 6.45) is 5.77. The lowest BCUT2D eigenvalue weighted by Gasteiger charge is -2.22. The molecule has 0 aliphatic heterocycles. The Kier molecular flexibility index (Phi) is 8.50. The summed E-state index contributed by atoms with van der Waals surface area (Å²) in [5.74, 6) is -0.631. The van der Waals surface area contributed by atoms with E-state index in [0.29, 0.717) is 11.0 Å². The molecule has 2 aliphatic rings. The summed E-state index contributed by atoms with van der Waals surface area (Å²) in [5, 5.41) is 39.0. The minimum atomic E-state index is -1.23. The molecule has 2 fully saturated rings. The number of hydrogen-bond donors (Lipinski definition) is 3. The molecule has 0 unspecified atom stereocenters. The van der Waals surface area contributed by atoms with E-state index in [9.17, 15) is 25.3 Å². The van der Waals surface area contributed by atoms with Gasteiger partial charge in [-0.2, -0.15) is 0 Å². The fraction of sp³-hybridized carbons (Fsp3) is 0.500. The van der Waals surface area contributed by atoms with Gasteiger partial charge in [-0.3, -0.25) is 20.2 Å². The van der Waals surface area contributed by atoms with Gasteiger partial charge < -0.3 is 20.4 Å². The van der Waals surface area contributed by atoms with E-state index in [4.69, 9.17) is 15.3 Å². The molecule has 0 heterocycles. The number of anilines is 1. The normalized spacial score (nSPS) is 16.6. The van der Waals surface area contributed by atoms with Gasteiger partial charge in [0.15, 0.2) is 19.8 Å². The van der Waals surface area contributed by atoms with Crippen LogP contribution in [0.25, 0.3) is 0 Å². The van der Waals surface area contributed by atoms with Crippen LogP contribution >= 0.6 is 0 Å². The second-order valence-corrected chi connectivity index (χ2v) is 15.2. The quantitative estimate of drug-likeness (QED) is 0.143. The number of phenolic OH excluding ortho intramolecular Hbond substituents is 2. The van der Waals surface area contributed by atoms with Crippen LogP contribution in [0.4, 0.5) is 17.1 Å². The highest BCUT2D eigenvalue weighted by atomic mass is 28.4. The average Bonchev–Trinajstić information content (AvgIpc) is 3.64. The van der Waals surface area contributed by atoms with Crippen molar-refractivity contribution >= 4 is 25.4 Å². The first-order valence-corrected chi connectivity index (χ1v) is 14.8. The summed E-state index contributed by atoms with van der Waals surface area (Å²) >= 11 is 0. The van der Waals surface area contributed by atoms with Crippen molar-refractivity contribution in [3.05, 3.63) is 62.2 Å². The van der Waals surface area contributed by atoms with Crippen LogP contribution in [0.1, 0.15) is 45.1 Å². The van der Waals surface area contributed by atoms with Crippen molar-refractivity contribution in [2.75, 3.05) is 5.73 Å². The first-order chi connectivity index (χ1) is 16.0. The number of nitrogen functional groups attached to an aromatic ring is 1. The third-order valence-electron chi connectivity index (χ3n) is 5.67. The maximum absolute atomic E-state index is 10.6. The zero-order chi connectivity index (χ0) is 26.6. The molecule has 10 nitrogen and oxygen atoms in total. The summed E-state index contributed by atoms with van der Waals surface area (Å²) in [6.45, 7) is 11.1. The van der Waals surface area contributed by atoms with Gasteiger partial charge in [0, 0.05) is 17.8 Å². The minimum absolute atomic E-state index is 0.197. The van der Waals surface area contributed by atoms with Crippen LogP contribution in [-0.2, 0) is 10.8 Å². The Labute approximate surface area is 206 Å². The van der Waals surface area contributed by atoms with Crippen molar-refractivity contribution < 1.29 is 24.5 Å². The number of aromatic hydroxyl groups is 2. The Morgan fingerprint density at radius 3 is 1.77 bits per heavy atom. The maximum atomic E-state index is 10.6. The fourth-order valence-electron chi connectivity index (χ4n) is 3.41. The van der Waals surface area contributed by atoms with E-state index in [1.165, 1.54) is 49.9 Å². The second kappa shape index (κ2) is 10.6. The monoisotopic (exact) mass is 505 g/mol. The fourth-order valence-corrected chi connectivity index (χ4v) is 5.09. The molecule has 0 saturated heterocycles. The van der Waals surface area contributed by atoms with Crippen LogP contribution < -0.4 is 5.73 Å². The van der Waals surface area contributed by atoms with Gasteiger partial charge in [0.1, 0.15) is 0 Å². The molecular formula is C24H35N3O7Si.